The van der Waals surface area contributed by atoms with E-state index < -0.39 is 11.9 Å². The summed E-state index contributed by atoms with van der Waals surface area (Å²) in [6, 6.07) is 5.27. The van der Waals surface area contributed by atoms with Crippen LogP contribution in [0.25, 0.3) is 6.08 Å². The van der Waals surface area contributed by atoms with Gasteiger partial charge in [-0.1, -0.05) is 19.9 Å². The Labute approximate surface area is 112 Å². The highest BCUT2D eigenvalue weighted by atomic mass is 16.4. The molecule has 0 unspecified atom stereocenters. The summed E-state index contributed by atoms with van der Waals surface area (Å²) in [7, 11) is 0. The van der Waals surface area contributed by atoms with Crippen LogP contribution in [-0.4, -0.2) is 17.0 Å². The molecule has 1 amide bonds. The largest absolute Gasteiger partial charge is 0.477 e. The minimum absolute atomic E-state index is 0.160. The molecule has 0 aliphatic carbocycles. The predicted octanol–water partition coefficient (Wildman–Crippen LogP) is 1.95. The Kier molecular flexibility index (Phi) is 4.69. The number of hydrogen-bond donors (Lipinski definition) is 3. The van der Waals surface area contributed by atoms with E-state index in [1.54, 1.807) is 12.1 Å². The third-order valence-corrected chi connectivity index (χ3v) is 2.58. The van der Waals surface area contributed by atoms with Gasteiger partial charge in [0.05, 0.1) is 0 Å². The van der Waals surface area contributed by atoms with Crippen molar-refractivity contribution in [2.24, 2.45) is 0 Å². The summed E-state index contributed by atoms with van der Waals surface area (Å²) < 4.78 is 0. The van der Waals surface area contributed by atoms with Gasteiger partial charge in [-0.2, -0.15) is 0 Å². The number of nitrogens with one attached hydrogen (secondary N) is 1. The summed E-state index contributed by atoms with van der Waals surface area (Å²) in [5.41, 5.74) is 7.99. The minimum atomic E-state index is -1.18. The SMILES string of the molecule is CC(=O)N/C(=C\c1ccc(N)c(C(C)C)c1)C(=O)O. The number of nitrogen functional groups attached to an aromatic ring is 1. The van der Waals surface area contributed by atoms with Crippen molar-refractivity contribution in [2.45, 2.75) is 26.7 Å². The molecule has 0 saturated carbocycles. The average Bonchev–Trinajstić information content (AvgIpc) is 2.29. The number of amides is 1. The van der Waals surface area contributed by atoms with E-state index in [9.17, 15) is 9.59 Å². The van der Waals surface area contributed by atoms with E-state index in [1.807, 2.05) is 19.9 Å². The minimum Gasteiger partial charge on any atom is -0.477 e. The fourth-order valence-electron chi connectivity index (χ4n) is 1.69. The van der Waals surface area contributed by atoms with Gasteiger partial charge in [0.2, 0.25) is 5.91 Å². The van der Waals surface area contributed by atoms with E-state index in [2.05, 4.69) is 5.32 Å². The van der Waals surface area contributed by atoms with Gasteiger partial charge in [0.1, 0.15) is 5.70 Å². The molecule has 0 aliphatic heterocycles. The number of carboxylic acids is 1. The number of carboxylic acid groups (broad SMARTS) is 1. The standard InChI is InChI=1S/C14H18N2O3/c1-8(2)11-6-10(4-5-12(11)15)7-13(14(18)19)16-9(3)17/h4-8H,15H2,1-3H3,(H,16,17)(H,18,19)/b13-7-. The van der Waals surface area contributed by atoms with Gasteiger partial charge < -0.3 is 16.2 Å². The van der Waals surface area contributed by atoms with Crippen molar-refractivity contribution < 1.29 is 14.7 Å². The molecule has 5 heteroatoms. The normalized spacial score (nSPS) is 11.5. The summed E-state index contributed by atoms with van der Waals surface area (Å²) in [4.78, 5) is 22.0. The van der Waals surface area contributed by atoms with E-state index >= 15 is 0 Å². The molecule has 1 rings (SSSR count). The van der Waals surface area contributed by atoms with Crippen molar-refractivity contribution in [2.75, 3.05) is 5.73 Å². The summed E-state index contributed by atoms with van der Waals surface area (Å²) in [5, 5.41) is 11.3. The highest BCUT2D eigenvalue weighted by Crippen LogP contribution is 2.23. The molecule has 0 bridgehead atoms. The number of hydrogen-bond acceptors (Lipinski definition) is 3. The van der Waals surface area contributed by atoms with Crippen molar-refractivity contribution in [3.8, 4) is 0 Å². The van der Waals surface area contributed by atoms with E-state index in [-0.39, 0.29) is 11.6 Å². The third kappa shape index (κ3) is 4.13. The first kappa shape index (κ1) is 14.8. The molecule has 0 spiro atoms. The molecular formula is C14H18N2O3. The lowest BCUT2D eigenvalue weighted by atomic mass is 9.98. The van der Waals surface area contributed by atoms with Crippen LogP contribution < -0.4 is 11.1 Å². The smallest absolute Gasteiger partial charge is 0.352 e. The van der Waals surface area contributed by atoms with Gasteiger partial charge in [0.15, 0.2) is 0 Å². The van der Waals surface area contributed by atoms with Gasteiger partial charge >= 0.3 is 5.97 Å². The van der Waals surface area contributed by atoms with Crippen molar-refractivity contribution in [1.29, 1.82) is 0 Å². The van der Waals surface area contributed by atoms with E-state index in [0.29, 0.717) is 11.3 Å². The molecule has 0 atom stereocenters. The van der Waals surface area contributed by atoms with E-state index in [1.165, 1.54) is 13.0 Å². The molecule has 0 aliphatic rings. The van der Waals surface area contributed by atoms with Crippen LogP contribution in [0.15, 0.2) is 23.9 Å². The second-order valence-corrected chi connectivity index (χ2v) is 4.59. The topological polar surface area (TPSA) is 92.4 Å². The molecule has 1 aromatic carbocycles. The summed E-state index contributed by atoms with van der Waals surface area (Å²) in [5.74, 6) is -1.37. The Morgan fingerprint density at radius 3 is 2.47 bits per heavy atom. The van der Waals surface area contributed by atoms with Gasteiger partial charge in [-0.05, 0) is 35.3 Å². The zero-order valence-corrected chi connectivity index (χ0v) is 11.2. The second kappa shape index (κ2) is 6.04. The van der Waals surface area contributed by atoms with Crippen LogP contribution in [0.2, 0.25) is 0 Å². The Balaban J connectivity index is 3.17. The lowest BCUT2D eigenvalue weighted by Gasteiger charge is -2.10. The molecule has 4 N–H and O–H groups in total. The lowest BCUT2D eigenvalue weighted by Crippen LogP contribution is -2.24. The maximum atomic E-state index is 11.0. The maximum absolute atomic E-state index is 11.0. The van der Waals surface area contributed by atoms with E-state index in [0.717, 1.165) is 5.56 Å². The quantitative estimate of drug-likeness (QED) is 0.571. The van der Waals surface area contributed by atoms with Crippen molar-refractivity contribution >= 4 is 23.6 Å². The number of nitrogens with two attached hydrogens (primary N) is 1. The highest BCUT2D eigenvalue weighted by molar-refractivity contribution is 5.96. The zero-order chi connectivity index (χ0) is 14.6. The molecule has 5 nitrogen and oxygen atoms in total. The van der Waals surface area contributed by atoms with Crippen molar-refractivity contribution in [3.63, 3.8) is 0 Å². The number of benzene rings is 1. The van der Waals surface area contributed by atoms with Gasteiger partial charge in [-0.3, -0.25) is 4.79 Å². The first-order chi connectivity index (χ1) is 8.81. The summed E-state index contributed by atoms with van der Waals surface area (Å²) in [6.07, 6.45) is 1.41. The Morgan fingerprint density at radius 1 is 1.37 bits per heavy atom. The lowest BCUT2D eigenvalue weighted by molar-refractivity contribution is -0.134. The van der Waals surface area contributed by atoms with Gasteiger partial charge in [0, 0.05) is 12.6 Å². The molecule has 0 heterocycles. The Hall–Kier alpha value is -2.30. The monoisotopic (exact) mass is 262 g/mol. The third-order valence-electron chi connectivity index (χ3n) is 2.58. The van der Waals surface area contributed by atoms with Crippen LogP contribution in [0.5, 0.6) is 0 Å². The molecule has 0 fully saturated rings. The molecule has 102 valence electrons. The molecular weight excluding hydrogens is 244 g/mol. The molecule has 19 heavy (non-hydrogen) atoms. The van der Waals surface area contributed by atoms with Crippen LogP contribution in [0.3, 0.4) is 0 Å². The fourth-order valence-corrected chi connectivity index (χ4v) is 1.69. The predicted molar refractivity (Wildman–Crippen MR) is 74.4 cm³/mol. The second-order valence-electron chi connectivity index (χ2n) is 4.59. The molecule has 0 saturated heterocycles. The van der Waals surface area contributed by atoms with Crippen molar-refractivity contribution in [3.05, 3.63) is 35.0 Å². The van der Waals surface area contributed by atoms with Crippen LogP contribution in [0.1, 0.15) is 37.8 Å². The highest BCUT2D eigenvalue weighted by Gasteiger charge is 2.10. The van der Waals surface area contributed by atoms with E-state index in [4.69, 9.17) is 10.8 Å². The first-order valence-corrected chi connectivity index (χ1v) is 5.93. The fraction of sp³-hybridized carbons (Fsp3) is 0.286. The summed E-state index contributed by atoms with van der Waals surface area (Å²) in [6.45, 7) is 5.27. The van der Waals surface area contributed by atoms with Crippen LogP contribution >= 0.6 is 0 Å². The van der Waals surface area contributed by atoms with Gasteiger partial charge in [-0.15, -0.1) is 0 Å². The number of carbonyl (C=O) groups excluding carboxylic acids is 1. The molecule has 0 radical (unpaired) electrons. The Bertz CT molecular complexity index is 533. The Morgan fingerprint density at radius 2 is 2.00 bits per heavy atom. The maximum Gasteiger partial charge on any atom is 0.352 e. The van der Waals surface area contributed by atoms with Gasteiger partial charge in [-0.25, -0.2) is 4.79 Å². The molecule has 0 aromatic heterocycles. The number of carbonyl (C=O) groups is 2. The number of aliphatic carboxylic acids is 1. The first-order valence-electron chi connectivity index (χ1n) is 5.93. The van der Waals surface area contributed by atoms with Crippen molar-refractivity contribution in [1.82, 2.24) is 5.32 Å². The van der Waals surface area contributed by atoms with Crippen LogP contribution in [-0.2, 0) is 9.59 Å². The summed E-state index contributed by atoms with van der Waals surface area (Å²) >= 11 is 0. The molecule has 1 aromatic rings. The average molecular weight is 262 g/mol. The van der Waals surface area contributed by atoms with Gasteiger partial charge in [0.25, 0.3) is 0 Å². The number of anilines is 1. The van der Waals surface area contributed by atoms with Crippen LogP contribution in [0.4, 0.5) is 5.69 Å². The van der Waals surface area contributed by atoms with Crippen LogP contribution in [0, 0.1) is 0 Å². The zero-order valence-electron chi connectivity index (χ0n) is 11.2. The number of rotatable bonds is 4.